The van der Waals surface area contributed by atoms with Gasteiger partial charge < -0.3 is 14.4 Å². The van der Waals surface area contributed by atoms with Crippen LogP contribution in [0, 0.1) is 12.7 Å². The van der Waals surface area contributed by atoms with E-state index in [0.717, 1.165) is 28.7 Å². The van der Waals surface area contributed by atoms with Gasteiger partial charge in [-0.05, 0) is 74.5 Å². The number of nitrogens with zero attached hydrogens (tertiary/aromatic N) is 5. The van der Waals surface area contributed by atoms with Crippen LogP contribution < -0.4 is 4.90 Å². The van der Waals surface area contributed by atoms with E-state index in [1.165, 1.54) is 12.1 Å². The van der Waals surface area contributed by atoms with E-state index in [1.807, 2.05) is 34.6 Å². The highest BCUT2D eigenvalue weighted by molar-refractivity contribution is 6.05. The number of halogens is 1. The van der Waals surface area contributed by atoms with Crippen molar-refractivity contribution < 1.29 is 14.0 Å². The summed E-state index contributed by atoms with van der Waals surface area (Å²) in [5, 5.41) is 1.10. The average Bonchev–Trinajstić information content (AvgIpc) is 3.25. The second-order valence-electron chi connectivity index (χ2n) is 10.7. The van der Waals surface area contributed by atoms with E-state index in [-0.39, 0.29) is 30.9 Å². The van der Waals surface area contributed by atoms with Crippen LogP contribution in [0.25, 0.3) is 10.9 Å². The minimum Gasteiger partial charge on any atom is -0.335 e. The van der Waals surface area contributed by atoms with Crippen molar-refractivity contribution in [2.75, 3.05) is 31.1 Å². The summed E-state index contributed by atoms with van der Waals surface area (Å²) in [6, 6.07) is 20.1. The number of hydrogen-bond donors (Lipinski definition) is 0. The van der Waals surface area contributed by atoms with Crippen molar-refractivity contribution in [3.05, 3.63) is 95.7 Å². The van der Waals surface area contributed by atoms with Crippen LogP contribution in [0.1, 0.15) is 42.0 Å². The summed E-state index contributed by atoms with van der Waals surface area (Å²) in [5.41, 5.74) is 3.55. The Morgan fingerprint density at radius 2 is 1.75 bits per heavy atom. The van der Waals surface area contributed by atoms with Gasteiger partial charge in [-0.3, -0.25) is 19.5 Å². The topological polar surface area (TPSA) is 61.7 Å². The third-order valence-corrected chi connectivity index (χ3v) is 7.71. The Morgan fingerprint density at radius 3 is 2.52 bits per heavy atom. The van der Waals surface area contributed by atoms with Gasteiger partial charge in [0.25, 0.3) is 5.91 Å². The zero-order valence-corrected chi connectivity index (χ0v) is 23.4. The molecule has 7 nitrogen and oxygen atoms in total. The van der Waals surface area contributed by atoms with Crippen LogP contribution in [0.4, 0.5) is 10.1 Å². The second kappa shape index (κ2) is 12.0. The van der Waals surface area contributed by atoms with Crippen molar-refractivity contribution in [1.82, 2.24) is 19.4 Å². The molecule has 2 aromatic carbocycles. The fourth-order valence-electron chi connectivity index (χ4n) is 5.48. The largest absolute Gasteiger partial charge is 0.335 e. The number of anilines is 1. The van der Waals surface area contributed by atoms with Gasteiger partial charge >= 0.3 is 0 Å². The molecule has 0 atom stereocenters. The van der Waals surface area contributed by atoms with Crippen molar-refractivity contribution in [3.63, 3.8) is 0 Å². The number of carbonyl (C=O) groups excluding carboxylic acids is 2. The molecule has 0 aliphatic carbocycles. The molecule has 40 heavy (non-hydrogen) atoms. The van der Waals surface area contributed by atoms with Crippen LogP contribution in [0.5, 0.6) is 0 Å². The molecule has 8 heteroatoms. The van der Waals surface area contributed by atoms with Crippen molar-refractivity contribution in [2.24, 2.45) is 0 Å². The number of carbonyl (C=O) groups is 2. The van der Waals surface area contributed by atoms with Crippen LogP contribution in [-0.2, 0) is 17.9 Å². The molecule has 2 aromatic heterocycles. The number of pyridine rings is 1. The van der Waals surface area contributed by atoms with Gasteiger partial charge in [0.1, 0.15) is 18.1 Å². The SMILES string of the molecule is Cc1cc2ccccc2n1CC(=O)N1CCN(C(C)C)CCCN(C(=O)c2ccccn2)c2cc(F)ccc2C1. The second-order valence-corrected chi connectivity index (χ2v) is 10.7. The van der Waals surface area contributed by atoms with E-state index in [2.05, 4.69) is 35.9 Å². The maximum absolute atomic E-state index is 14.7. The molecule has 0 saturated carbocycles. The normalized spacial score (nSPS) is 15.2. The van der Waals surface area contributed by atoms with E-state index < -0.39 is 5.82 Å². The Kier molecular flexibility index (Phi) is 8.26. The standard InChI is InChI=1S/C32H36FN5O2/c1-23(2)35-15-8-16-37(32(40)28-10-6-7-14-34-28)30-20-27(33)13-12-26(30)21-36(18-17-35)31(39)22-38-24(3)19-25-9-4-5-11-29(25)38/h4-7,9-14,19-20,23H,8,15-18,21-22H2,1-3H3. The van der Waals surface area contributed by atoms with Gasteiger partial charge in [-0.15, -0.1) is 0 Å². The number of benzene rings is 2. The lowest BCUT2D eigenvalue weighted by Gasteiger charge is -2.30. The lowest BCUT2D eigenvalue weighted by Crippen LogP contribution is -2.42. The molecule has 0 radical (unpaired) electrons. The van der Waals surface area contributed by atoms with Crippen molar-refractivity contribution in [3.8, 4) is 0 Å². The van der Waals surface area contributed by atoms with Crippen LogP contribution in [0.15, 0.2) is 72.9 Å². The lowest BCUT2D eigenvalue weighted by atomic mass is 10.1. The maximum atomic E-state index is 14.7. The van der Waals surface area contributed by atoms with Gasteiger partial charge in [0.2, 0.25) is 5.91 Å². The van der Waals surface area contributed by atoms with Gasteiger partial charge in [0, 0.05) is 56.2 Å². The molecule has 208 valence electrons. The molecule has 4 aromatic rings. The van der Waals surface area contributed by atoms with Gasteiger partial charge in [0.15, 0.2) is 0 Å². The number of fused-ring (bicyclic) bond motifs is 2. The van der Waals surface area contributed by atoms with Gasteiger partial charge in [-0.2, -0.15) is 0 Å². The molecule has 0 bridgehead atoms. The smallest absolute Gasteiger partial charge is 0.276 e. The summed E-state index contributed by atoms with van der Waals surface area (Å²) in [4.78, 5) is 37.6. The highest BCUT2D eigenvalue weighted by atomic mass is 19.1. The van der Waals surface area contributed by atoms with Crippen LogP contribution in [0.2, 0.25) is 0 Å². The molecule has 0 spiro atoms. The van der Waals surface area contributed by atoms with Crippen LogP contribution in [0.3, 0.4) is 0 Å². The molecule has 0 fully saturated rings. The predicted octanol–water partition coefficient (Wildman–Crippen LogP) is 5.27. The zero-order valence-electron chi connectivity index (χ0n) is 23.4. The fraction of sp³-hybridized carbons (Fsp3) is 0.344. The van der Waals surface area contributed by atoms with E-state index in [1.54, 1.807) is 35.4 Å². The summed E-state index contributed by atoms with van der Waals surface area (Å²) >= 11 is 0. The number of amides is 2. The Balaban J connectivity index is 1.52. The number of aromatic nitrogens is 2. The Morgan fingerprint density at radius 1 is 0.950 bits per heavy atom. The first-order chi connectivity index (χ1) is 19.3. The third kappa shape index (κ3) is 5.92. The van der Waals surface area contributed by atoms with E-state index >= 15 is 0 Å². The van der Waals surface area contributed by atoms with E-state index in [4.69, 9.17) is 0 Å². The van der Waals surface area contributed by atoms with E-state index in [0.29, 0.717) is 37.4 Å². The Hall–Kier alpha value is -4.04. The number of para-hydroxylation sites is 1. The van der Waals surface area contributed by atoms with Crippen molar-refractivity contribution >= 4 is 28.4 Å². The summed E-state index contributed by atoms with van der Waals surface area (Å²) in [5.74, 6) is -0.732. The molecule has 1 aliphatic rings. The van der Waals surface area contributed by atoms with Crippen LogP contribution >= 0.6 is 0 Å². The quantitative estimate of drug-likeness (QED) is 0.353. The Bertz CT molecular complexity index is 1500. The average molecular weight is 542 g/mol. The molecular weight excluding hydrogens is 505 g/mol. The highest BCUT2D eigenvalue weighted by Gasteiger charge is 2.26. The highest BCUT2D eigenvalue weighted by Crippen LogP contribution is 2.27. The number of hydrogen-bond acceptors (Lipinski definition) is 4. The minimum atomic E-state index is -0.427. The van der Waals surface area contributed by atoms with E-state index in [9.17, 15) is 14.0 Å². The van der Waals surface area contributed by atoms with Crippen molar-refractivity contribution in [2.45, 2.75) is 46.3 Å². The molecule has 0 saturated heterocycles. The molecular formula is C32H36FN5O2. The molecule has 0 unspecified atom stereocenters. The first kappa shape index (κ1) is 27.5. The summed E-state index contributed by atoms with van der Waals surface area (Å²) < 4.78 is 16.7. The number of aryl methyl sites for hydroxylation is 1. The van der Waals surface area contributed by atoms with Gasteiger partial charge in [-0.25, -0.2) is 4.39 Å². The van der Waals surface area contributed by atoms with Gasteiger partial charge in [0.05, 0.1) is 5.69 Å². The summed E-state index contributed by atoms with van der Waals surface area (Å²) in [7, 11) is 0. The van der Waals surface area contributed by atoms with Crippen molar-refractivity contribution in [1.29, 1.82) is 0 Å². The molecule has 3 heterocycles. The zero-order chi connectivity index (χ0) is 28.2. The fourth-order valence-corrected chi connectivity index (χ4v) is 5.48. The first-order valence-corrected chi connectivity index (χ1v) is 13.9. The Labute approximate surface area is 234 Å². The first-order valence-electron chi connectivity index (χ1n) is 13.9. The molecule has 1 aliphatic heterocycles. The maximum Gasteiger partial charge on any atom is 0.276 e. The third-order valence-electron chi connectivity index (χ3n) is 7.71. The molecule has 0 N–H and O–H groups in total. The van der Waals surface area contributed by atoms with Crippen LogP contribution in [-0.4, -0.2) is 63.4 Å². The lowest BCUT2D eigenvalue weighted by molar-refractivity contribution is -0.132. The minimum absolute atomic E-state index is 0.0229. The molecule has 2 amide bonds. The summed E-state index contributed by atoms with van der Waals surface area (Å²) in [6.45, 7) is 9.16. The van der Waals surface area contributed by atoms with Gasteiger partial charge in [-0.1, -0.05) is 30.3 Å². The number of rotatable bonds is 4. The monoisotopic (exact) mass is 541 g/mol. The molecule has 5 rings (SSSR count). The predicted molar refractivity (Wildman–Crippen MR) is 156 cm³/mol. The summed E-state index contributed by atoms with van der Waals surface area (Å²) in [6.07, 6.45) is 2.29.